The molecule has 0 saturated heterocycles. The number of carbonyl (C=O) groups excluding carboxylic acids is 1. The number of ketones is 1. The van der Waals surface area contributed by atoms with Crippen LogP contribution in [-0.2, 0) is 6.42 Å². The van der Waals surface area contributed by atoms with E-state index in [1.807, 2.05) is 13.8 Å². The number of carbonyl (C=O) groups is 1. The van der Waals surface area contributed by atoms with Crippen LogP contribution in [0.4, 0.5) is 13.2 Å². The van der Waals surface area contributed by atoms with Gasteiger partial charge in [-0.3, -0.25) is 4.79 Å². The predicted molar refractivity (Wildman–Crippen MR) is 64.1 cm³/mol. The number of nitrogens with zero attached hydrogens (tertiary/aromatic N) is 2. The van der Waals surface area contributed by atoms with Gasteiger partial charge < -0.3 is 4.40 Å². The molecule has 0 radical (unpaired) electrons. The van der Waals surface area contributed by atoms with E-state index in [-0.39, 0.29) is 11.4 Å². The monoisotopic (exact) mass is 270 g/mol. The Hall–Kier alpha value is -1.85. The van der Waals surface area contributed by atoms with Gasteiger partial charge >= 0.3 is 6.18 Å². The molecule has 0 atom stereocenters. The van der Waals surface area contributed by atoms with E-state index in [2.05, 4.69) is 4.98 Å². The van der Waals surface area contributed by atoms with Gasteiger partial charge in [-0.25, -0.2) is 4.98 Å². The zero-order valence-corrected chi connectivity index (χ0v) is 10.5. The molecule has 102 valence electrons. The molecular weight excluding hydrogens is 257 g/mol. The minimum atomic E-state index is -4.90. The van der Waals surface area contributed by atoms with Gasteiger partial charge in [0.15, 0.2) is 0 Å². The second-order valence-corrected chi connectivity index (χ2v) is 4.76. The van der Waals surface area contributed by atoms with E-state index in [1.165, 1.54) is 6.07 Å². The van der Waals surface area contributed by atoms with Gasteiger partial charge in [-0.05, 0) is 18.1 Å². The number of aromatic nitrogens is 2. The van der Waals surface area contributed by atoms with Crippen LogP contribution in [-0.4, -0.2) is 21.3 Å². The molecule has 0 aliphatic rings. The smallest absolute Gasteiger partial charge is 0.303 e. The van der Waals surface area contributed by atoms with Gasteiger partial charge in [0.2, 0.25) is 0 Å². The fourth-order valence-corrected chi connectivity index (χ4v) is 1.91. The van der Waals surface area contributed by atoms with Crippen molar-refractivity contribution < 1.29 is 18.0 Å². The van der Waals surface area contributed by atoms with Crippen LogP contribution >= 0.6 is 0 Å². The molecular formula is C13H13F3N2O. The molecule has 0 aliphatic heterocycles. The topological polar surface area (TPSA) is 34.4 Å². The lowest BCUT2D eigenvalue weighted by Gasteiger charge is -2.03. The predicted octanol–water partition coefficient (Wildman–Crippen LogP) is 3.28. The lowest BCUT2D eigenvalue weighted by atomic mass is 10.1. The second-order valence-electron chi connectivity index (χ2n) is 4.76. The Morgan fingerprint density at radius 3 is 2.63 bits per heavy atom. The number of fused-ring (bicyclic) bond motifs is 1. The van der Waals surface area contributed by atoms with Crippen molar-refractivity contribution >= 4 is 11.3 Å². The second kappa shape index (κ2) is 4.68. The third-order valence-corrected chi connectivity index (χ3v) is 2.68. The van der Waals surface area contributed by atoms with Crippen molar-refractivity contribution in [3.63, 3.8) is 0 Å². The van der Waals surface area contributed by atoms with E-state index in [9.17, 15) is 18.0 Å². The molecule has 0 bridgehead atoms. The minimum absolute atomic E-state index is 0.195. The molecule has 2 aromatic heterocycles. The highest BCUT2D eigenvalue weighted by molar-refractivity contribution is 6.04. The number of rotatable bonds is 3. The molecule has 0 unspecified atom stereocenters. The van der Waals surface area contributed by atoms with Crippen LogP contribution in [0.1, 0.15) is 30.2 Å². The van der Waals surface area contributed by atoms with E-state index >= 15 is 0 Å². The number of pyridine rings is 1. The molecule has 2 aromatic rings. The number of Topliss-reactive ketones (excluding diaryl/α,β-unsaturated/α-hetero) is 1. The number of imidazole rings is 1. The third-order valence-electron chi connectivity index (χ3n) is 2.68. The summed E-state index contributed by atoms with van der Waals surface area (Å²) in [5, 5.41) is 0. The van der Waals surface area contributed by atoms with Crippen molar-refractivity contribution in [3.8, 4) is 0 Å². The normalized spacial score (nSPS) is 12.3. The summed E-state index contributed by atoms with van der Waals surface area (Å²) in [4.78, 5) is 15.3. The SMILES string of the molecule is CC(C)Cc1nc(C(=O)C(F)(F)F)c2ccccn12. The van der Waals surface area contributed by atoms with Crippen molar-refractivity contribution in [2.24, 2.45) is 5.92 Å². The van der Waals surface area contributed by atoms with Gasteiger partial charge in [0.1, 0.15) is 11.5 Å². The van der Waals surface area contributed by atoms with Gasteiger partial charge in [0.25, 0.3) is 5.78 Å². The first-order chi connectivity index (χ1) is 8.80. The Bertz CT molecular complexity index is 614. The first kappa shape index (κ1) is 13.6. The Morgan fingerprint density at radius 1 is 1.37 bits per heavy atom. The summed E-state index contributed by atoms with van der Waals surface area (Å²) in [5.74, 6) is -1.19. The van der Waals surface area contributed by atoms with Crippen molar-refractivity contribution in [1.82, 2.24) is 9.38 Å². The maximum absolute atomic E-state index is 12.5. The molecule has 0 spiro atoms. The Labute approximate surface area is 108 Å². The zero-order chi connectivity index (χ0) is 14.2. The molecule has 0 N–H and O–H groups in total. The average Bonchev–Trinajstić information content (AvgIpc) is 2.65. The fraction of sp³-hybridized carbons (Fsp3) is 0.385. The zero-order valence-electron chi connectivity index (χ0n) is 10.5. The van der Waals surface area contributed by atoms with Gasteiger partial charge in [0.05, 0.1) is 5.52 Å². The lowest BCUT2D eigenvalue weighted by Crippen LogP contribution is -2.23. The molecule has 0 fully saturated rings. The number of hydrogen-bond acceptors (Lipinski definition) is 2. The van der Waals surface area contributed by atoms with E-state index in [1.54, 1.807) is 22.7 Å². The Balaban J connectivity index is 2.59. The maximum atomic E-state index is 12.5. The Morgan fingerprint density at radius 2 is 2.05 bits per heavy atom. The largest absolute Gasteiger partial charge is 0.456 e. The number of hydrogen-bond donors (Lipinski definition) is 0. The molecule has 2 heterocycles. The lowest BCUT2D eigenvalue weighted by molar-refractivity contribution is -0.0887. The maximum Gasteiger partial charge on any atom is 0.456 e. The molecule has 2 rings (SSSR count). The summed E-state index contributed by atoms with van der Waals surface area (Å²) in [6.45, 7) is 3.88. The number of halogens is 3. The standard InChI is InChI=1S/C13H13F3N2O/c1-8(2)7-10-17-11(12(19)13(14,15)16)9-5-3-4-6-18(9)10/h3-6,8H,7H2,1-2H3. The molecule has 6 heteroatoms. The molecule has 0 aromatic carbocycles. The summed E-state index contributed by atoms with van der Waals surface area (Å²) >= 11 is 0. The quantitative estimate of drug-likeness (QED) is 0.802. The van der Waals surface area contributed by atoms with Crippen molar-refractivity contribution in [1.29, 1.82) is 0 Å². The van der Waals surface area contributed by atoms with Gasteiger partial charge in [-0.15, -0.1) is 0 Å². The van der Waals surface area contributed by atoms with Crippen molar-refractivity contribution in [3.05, 3.63) is 35.9 Å². The van der Waals surface area contributed by atoms with Crippen molar-refractivity contribution in [2.75, 3.05) is 0 Å². The molecule has 0 saturated carbocycles. The van der Waals surface area contributed by atoms with E-state index in [4.69, 9.17) is 0 Å². The van der Waals surface area contributed by atoms with Gasteiger partial charge in [-0.1, -0.05) is 19.9 Å². The highest BCUT2D eigenvalue weighted by Gasteiger charge is 2.42. The molecule has 3 nitrogen and oxygen atoms in total. The summed E-state index contributed by atoms with van der Waals surface area (Å²) < 4.78 is 39.1. The van der Waals surface area contributed by atoms with Gasteiger partial charge in [0, 0.05) is 12.6 Å². The summed E-state index contributed by atoms with van der Waals surface area (Å²) in [7, 11) is 0. The minimum Gasteiger partial charge on any atom is -0.303 e. The molecule has 0 aliphatic carbocycles. The highest BCUT2D eigenvalue weighted by Crippen LogP contribution is 2.25. The summed E-state index contributed by atoms with van der Waals surface area (Å²) in [6.07, 6.45) is -2.77. The summed E-state index contributed by atoms with van der Waals surface area (Å²) in [6, 6.07) is 4.75. The van der Waals surface area contributed by atoms with Crippen molar-refractivity contribution in [2.45, 2.75) is 26.4 Å². The number of alkyl halides is 3. The van der Waals surface area contributed by atoms with E-state index in [0.717, 1.165) is 0 Å². The van der Waals surface area contributed by atoms with Crippen LogP contribution in [0, 0.1) is 5.92 Å². The van der Waals surface area contributed by atoms with Crippen LogP contribution in [0.2, 0.25) is 0 Å². The average molecular weight is 270 g/mol. The fourth-order valence-electron chi connectivity index (χ4n) is 1.91. The summed E-state index contributed by atoms with van der Waals surface area (Å²) in [5.41, 5.74) is -0.329. The first-order valence-electron chi connectivity index (χ1n) is 5.88. The van der Waals surface area contributed by atoms with E-state index < -0.39 is 17.7 Å². The third kappa shape index (κ3) is 2.62. The van der Waals surface area contributed by atoms with Crippen LogP contribution < -0.4 is 0 Å². The van der Waals surface area contributed by atoms with Crippen LogP contribution in [0.5, 0.6) is 0 Å². The van der Waals surface area contributed by atoms with Crippen LogP contribution in [0.15, 0.2) is 24.4 Å². The van der Waals surface area contributed by atoms with Crippen LogP contribution in [0.25, 0.3) is 5.52 Å². The highest BCUT2D eigenvalue weighted by atomic mass is 19.4. The first-order valence-corrected chi connectivity index (χ1v) is 5.88. The van der Waals surface area contributed by atoms with E-state index in [0.29, 0.717) is 12.2 Å². The van der Waals surface area contributed by atoms with Gasteiger partial charge in [-0.2, -0.15) is 13.2 Å². The molecule has 19 heavy (non-hydrogen) atoms. The Kier molecular flexibility index (Phi) is 3.34. The van der Waals surface area contributed by atoms with Crippen LogP contribution in [0.3, 0.4) is 0 Å². The molecule has 0 amide bonds.